The van der Waals surface area contributed by atoms with E-state index in [-0.39, 0.29) is 11.8 Å². The third-order valence-corrected chi connectivity index (χ3v) is 6.07. The van der Waals surface area contributed by atoms with Crippen LogP contribution in [0, 0.1) is 0 Å². The van der Waals surface area contributed by atoms with Crippen molar-refractivity contribution in [3.05, 3.63) is 69.2 Å². The van der Waals surface area contributed by atoms with Gasteiger partial charge >= 0.3 is 0 Å². The second-order valence-corrected chi connectivity index (χ2v) is 8.47. The van der Waals surface area contributed by atoms with Crippen molar-refractivity contribution < 1.29 is 9.59 Å². The summed E-state index contributed by atoms with van der Waals surface area (Å²) in [7, 11) is 0. The maximum atomic E-state index is 13.3. The van der Waals surface area contributed by atoms with E-state index in [0.717, 1.165) is 24.0 Å². The molecule has 2 aromatic rings. The van der Waals surface area contributed by atoms with Crippen LogP contribution >= 0.6 is 23.2 Å². The monoisotopic (exact) mass is 462 g/mol. The largest absolute Gasteiger partial charge is 0.354 e. The predicted octanol–water partition coefficient (Wildman–Crippen LogP) is 5.82. The van der Waals surface area contributed by atoms with Gasteiger partial charge in [0.2, 0.25) is 11.8 Å². The Labute approximate surface area is 195 Å². The molecule has 0 bridgehead atoms. The minimum absolute atomic E-state index is 0.0517. The first kappa shape index (κ1) is 25.2. The summed E-state index contributed by atoms with van der Waals surface area (Å²) >= 11 is 12.2. The summed E-state index contributed by atoms with van der Waals surface area (Å²) in [5, 5.41) is 3.83. The lowest BCUT2D eigenvalue weighted by atomic mass is 10.0. The van der Waals surface area contributed by atoms with Crippen LogP contribution in [0.3, 0.4) is 0 Å². The molecule has 0 unspecified atom stereocenters. The quantitative estimate of drug-likeness (QED) is 0.456. The van der Waals surface area contributed by atoms with Crippen LogP contribution in [0.4, 0.5) is 0 Å². The average Bonchev–Trinajstić information content (AvgIpc) is 2.78. The van der Waals surface area contributed by atoms with Crippen molar-refractivity contribution in [2.24, 2.45) is 0 Å². The van der Waals surface area contributed by atoms with Crippen LogP contribution in [0.2, 0.25) is 10.0 Å². The second kappa shape index (κ2) is 12.7. The zero-order chi connectivity index (χ0) is 22.8. The number of benzene rings is 2. The fraction of sp³-hybridized carbons (Fsp3) is 0.440. The van der Waals surface area contributed by atoms with Gasteiger partial charge in [-0.05, 0) is 54.5 Å². The predicted molar refractivity (Wildman–Crippen MR) is 129 cm³/mol. The molecule has 1 N–H and O–H groups in total. The maximum Gasteiger partial charge on any atom is 0.242 e. The molecule has 0 saturated heterocycles. The number of nitrogens with zero attached hydrogens (tertiary/aromatic N) is 1. The highest BCUT2D eigenvalue weighted by Crippen LogP contribution is 2.24. The van der Waals surface area contributed by atoms with Crippen LogP contribution < -0.4 is 5.32 Å². The van der Waals surface area contributed by atoms with Gasteiger partial charge in [-0.25, -0.2) is 0 Å². The molecular formula is C25H32Cl2N2O2. The lowest BCUT2D eigenvalue weighted by Crippen LogP contribution is -2.49. The van der Waals surface area contributed by atoms with Gasteiger partial charge in [0.25, 0.3) is 0 Å². The number of carbonyl (C=O) groups is 2. The Morgan fingerprint density at radius 2 is 1.58 bits per heavy atom. The van der Waals surface area contributed by atoms with Crippen molar-refractivity contribution in [2.45, 2.75) is 65.5 Å². The maximum absolute atomic E-state index is 13.3. The molecule has 0 fully saturated rings. The van der Waals surface area contributed by atoms with Gasteiger partial charge in [0, 0.05) is 19.5 Å². The van der Waals surface area contributed by atoms with E-state index in [1.54, 1.807) is 17.0 Å². The number of hydrogen-bond donors (Lipinski definition) is 1. The van der Waals surface area contributed by atoms with Crippen LogP contribution in [0.1, 0.15) is 56.7 Å². The molecule has 0 aliphatic carbocycles. The molecule has 31 heavy (non-hydrogen) atoms. The zero-order valence-corrected chi connectivity index (χ0v) is 20.1. The molecule has 2 rings (SSSR count). The van der Waals surface area contributed by atoms with Crippen molar-refractivity contribution in [3.63, 3.8) is 0 Å². The first-order valence-corrected chi connectivity index (χ1v) is 11.7. The highest BCUT2D eigenvalue weighted by Gasteiger charge is 2.28. The fourth-order valence-electron chi connectivity index (χ4n) is 3.46. The van der Waals surface area contributed by atoms with Gasteiger partial charge in [0.15, 0.2) is 0 Å². The number of amides is 2. The molecule has 1 atom stereocenters. The van der Waals surface area contributed by atoms with E-state index >= 15 is 0 Å². The summed E-state index contributed by atoms with van der Waals surface area (Å²) < 4.78 is 0. The van der Waals surface area contributed by atoms with Crippen LogP contribution in [0.5, 0.6) is 0 Å². The lowest BCUT2D eigenvalue weighted by Gasteiger charge is -2.31. The SMILES string of the molecule is CCCNC(=O)[C@@H](CC)N(Cc1ccc(Cl)c(Cl)c1)C(=O)CCc1ccc(CC)cc1. The first-order valence-electron chi connectivity index (χ1n) is 11.0. The molecular weight excluding hydrogens is 431 g/mol. The summed E-state index contributed by atoms with van der Waals surface area (Å²) in [6, 6.07) is 13.1. The number of carbonyl (C=O) groups excluding carboxylic acids is 2. The Hall–Kier alpha value is -2.04. The van der Waals surface area contributed by atoms with E-state index in [1.165, 1.54) is 5.56 Å². The standard InChI is InChI=1S/C25H32Cl2N2O2/c1-4-15-28-25(31)23(6-3)29(17-20-11-13-21(26)22(27)16-20)24(30)14-12-19-9-7-18(5-2)8-10-19/h7-11,13,16,23H,4-6,12,14-15,17H2,1-3H3,(H,28,31)/t23-/m1/s1. The van der Waals surface area contributed by atoms with E-state index < -0.39 is 6.04 Å². The van der Waals surface area contributed by atoms with Crippen LogP contribution in [0.25, 0.3) is 0 Å². The summed E-state index contributed by atoms with van der Waals surface area (Å²) in [6.07, 6.45) is 3.34. The molecule has 0 aliphatic heterocycles. The minimum atomic E-state index is -0.532. The van der Waals surface area contributed by atoms with Gasteiger partial charge in [-0.1, -0.05) is 74.3 Å². The Bertz CT molecular complexity index is 868. The third-order valence-electron chi connectivity index (χ3n) is 5.33. The number of nitrogens with one attached hydrogen (secondary N) is 1. The van der Waals surface area contributed by atoms with Crippen molar-refractivity contribution >= 4 is 35.0 Å². The second-order valence-electron chi connectivity index (χ2n) is 7.66. The Morgan fingerprint density at radius 1 is 0.935 bits per heavy atom. The van der Waals surface area contributed by atoms with Crippen LogP contribution in [-0.2, 0) is 29.0 Å². The highest BCUT2D eigenvalue weighted by molar-refractivity contribution is 6.42. The van der Waals surface area contributed by atoms with Gasteiger partial charge in [-0.2, -0.15) is 0 Å². The Balaban J connectivity index is 2.19. The normalized spacial score (nSPS) is 11.8. The van der Waals surface area contributed by atoms with Gasteiger partial charge in [0.1, 0.15) is 6.04 Å². The lowest BCUT2D eigenvalue weighted by molar-refractivity contribution is -0.141. The van der Waals surface area contributed by atoms with Gasteiger partial charge in [-0.3, -0.25) is 9.59 Å². The third kappa shape index (κ3) is 7.55. The fourth-order valence-corrected chi connectivity index (χ4v) is 3.78. The van der Waals surface area contributed by atoms with Gasteiger partial charge in [-0.15, -0.1) is 0 Å². The summed E-state index contributed by atoms with van der Waals surface area (Å²) in [5.74, 6) is -0.172. The Kier molecular flexibility index (Phi) is 10.4. The summed E-state index contributed by atoms with van der Waals surface area (Å²) in [6.45, 7) is 6.95. The Morgan fingerprint density at radius 3 is 2.16 bits per heavy atom. The topological polar surface area (TPSA) is 49.4 Å². The van der Waals surface area contributed by atoms with E-state index in [4.69, 9.17) is 23.2 Å². The molecule has 4 nitrogen and oxygen atoms in total. The molecule has 2 aromatic carbocycles. The number of halogens is 2. The first-order chi connectivity index (χ1) is 14.9. The van der Waals surface area contributed by atoms with E-state index in [1.807, 2.05) is 19.9 Å². The van der Waals surface area contributed by atoms with Gasteiger partial charge < -0.3 is 10.2 Å². The molecule has 0 radical (unpaired) electrons. The molecule has 0 aromatic heterocycles. The van der Waals surface area contributed by atoms with Crippen LogP contribution in [-0.4, -0.2) is 29.3 Å². The van der Waals surface area contributed by atoms with Crippen LogP contribution in [0.15, 0.2) is 42.5 Å². The van der Waals surface area contributed by atoms with E-state index in [0.29, 0.717) is 42.4 Å². The minimum Gasteiger partial charge on any atom is -0.354 e. The molecule has 0 heterocycles. The molecule has 6 heteroatoms. The number of aryl methyl sites for hydroxylation is 2. The zero-order valence-electron chi connectivity index (χ0n) is 18.6. The smallest absolute Gasteiger partial charge is 0.242 e. The van der Waals surface area contributed by atoms with E-state index in [2.05, 4.69) is 36.5 Å². The van der Waals surface area contributed by atoms with E-state index in [9.17, 15) is 9.59 Å². The molecule has 0 saturated carbocycles. The van der Waals surface area contributed by atoms with Crippen molar-refractivity contribution in [1.82, 2.24) is 10.2 Å². The molecule has 0 spiro atoms. The van der Waals surface area contributed by atoms with Gasteiger partial charge in [0.05, 0.1) is 10.0 Å². The molecule has 168 valence electrons. The van der Waals surface area contributed by atoms with Crippen molar-refractivity contribution in [3.8, 4) is 0 Å². The molecule has 0 aliphatic rings. The summed E-state index contributed by atoms with van der Waals surface area (Å²) in [5.41, 5.74) is 3.23. The highest BCUT2D eigenvalue weighted by atomic mass is 35.5. The number of rotatable bonds is 11. The molecule has 2 amide bonds. The van der Waals surface area contributed by atoms with Crippen molar-refractivity contribution in [1.29, 1.82) is 0 Å². The van der Waals surface area contributed by atoms with Crippen molar-refractivity contribution in [2.75, 3.05) is 6.54 Å². The average molecular weight is 463 g/mol. The number of hydrogen-bond acceptors (Lipinski definition) is 2. The summed E-state index contributed by atoms with van der Waals surface area (Å²) in [4.78, 5) is 27.7.